The monoisotopic (exact) mass is 519 g/mol. The molecule has 0 saturated heterocycles. The number of rotatable bonds is 19. The number of nitrogens with zero attached hydrogens (tertiary/aromatic N) is 2. The largest absolute Gasteiger partial charge is 0.487 e. The molecule has 0 aliphatic heterocycles. The first-order valence-corrected chi connectivity index (χ1v) is 10.2. The van der Waals surface area contributed by atoms with E-state index in [1.54, 1.807) is 0 Å². The molecular formula is C19H25N3O14. The first-order valence-electron chi connectivity index (χ1n) is 10.2. The van der Waals surface area contributed by atoms with Crippen LogP contribution in [0.3, 0.4) is 0 Å². The van der Waals surface area contributed by atoms with Gasteiger partial charge in [0.15, 0.2) is 18.1 Å². The van der Waals surface area contributed by atoms with Gasteiger partial charge in [-0.15, -0.1) is 0 Å². The summed E-state index contributed by atoms with van der Waals surface area (Å²) in [6.07, 6.45) is -0.907. The summed E-state index contributed by atoms with van der Waals surface area (Å²) in [5, 5.41) is 42.1. The highest BCUT2D eigenvalue weighted by molar-refractivity contribution is 5.87. The molecule has 17 heteroatoms. The lowest BCUT2D eigenvalue weighted by atomic mass is 10.2. The maximum absolute atomic E-state index is 12.0. The highest BCUT2D eigenvalue weighted by Gasteiger charge is 2.29. The van der Waals surface area contributed by atoms with Crippen LogP contribution in [-0.4, -0.2) is 97.3 Å². The zero-order valence-electron chi connectivity index (χ0n) is 19.1. The quantitative estimate of drug-likeness (QED) is 0.124. The minimum atomic E-state index is -1.75. The third-order valence-electron chi connectivity index (χ3n) is 4.09. The van der Waals surface area contributed by atoms with Crippen molar-refractivity contribution in [1.82, 2.24) is 5.32 Å². The number of nitro benzene ring substituents is 2. The van der Waals surface area contributed by atoms with Crippen LogP contribution in [0.1, 0.15) is 6.42 Å². The van der Waals surface area contributed by atoms with Gasteiger partial charge in [-0.1, -0.05) is 0 Å². The van der Waals surface area contributed by atoms with Crippen LogP contribution < -0.4 is 14.8 Å². The number of hydrogen-bond acceptors (Lipinski definition) is 12. The van der Waals surface area contributed by atoms with Gasteiger partial charge >= 0.3 is 23.3 Å². The standard InChI is InChI=1S/C19H25N3O14/c1-32-2-3-33-4-5-34-6-7-35-15-9-13(21(28)29)14(22(30)31)10-16(15)36-11-17(23)20-12(19(26)27)8-18(24)25/h9-10,12H,2-8,11H2,1H3,(H,20,23)(H,24,25)(H,26,27). The second-order valence-corrected chi connectivity index (χ2v) is 6.71. The number of methoxy groups -OCH3 is 1. The minimum absolute atomic E-state index is 0.00777. The highest BCUT2D eigenvalue weighted by atomic mass is 16.6. The number of carbonyl (C=O) groups is 3. The molecule has 0 bridgehead atoms. The number of nitro groups is 2. The lowest BCUT2D eigenvalue weighted by molar-refractivity contribution is -0.422. The Bertz CT molecular complexity index is 938. The maximum Gasteiger partial charge on any atom is 0.350 e. The molecule has 0 heterocycles. The van der Waals surface area contributed by atoms with Crippen molar-refractivity contribution in [2.24, 2.45) is 0 Å². The van der Waals surface area contributed by atoms with E-state index in [4.69, 9.17) is 33.9 Å². The molecule has 0 aromatic heterocycles. The molecule has 36 heavy (non-hydrogen) atoms. The molecule has 1 unspecified atom stereocenters. The van der Waals surface area contributed by atoms with Gasteiger partial charge in [-0.3, -0.25) is 29.8 Å². The van der Waals surface area contributed by atoms with Crippen molar-refractivity contribution in [3.05, 3.63) is 32.4 Å². The third kappa shape index (κ3) is 10.9. The van der Waals surface area contributed by atoms with Crippen LogP contribution in [0, 0.1) is 20.2 Å². The average Bonchev–Trinajstić information content (AvgIpc) is 2.80. The van der Waals surface area contributed by atoms with Gasteiger partial charge in [0.05, 0.1) is 61.4 Å². The Morgan fingerprint density at radius 1 is 0.889 bits per heavy atom. The average molecular weight is 519 g/mol. The van der Waals surface area contributed by atoms with E-state index >= 15 is 0 Å². The van der Waals surface area contributed by atoms with Crippen molar-refractivity contribution in [2.75, 3.05) is 53.4 Å². The van der Waals surface area contributed by atoms with Crippen molar-refractivity contribution in [1.29, 1.82) is 0 Å². The second kappa shape index (κ2) is 15.7. The Morgan fingerprint density at radius 3 is 1.86 bits per heavy atom. The van der Waals surface area contributed by atoms with Crippen molar-refractivity contribution in [3.8, 4) is 11.5 Å². The van der Waals surface area contributed by atoms with Gasteiger partial charge in [0, 0.05) is 7.11 Å². The van der Waals surface area contributed by atoms with Crippen LogP contribution in [0.25, 0.3) is 0 Å². The molecule has 0 spiro atoms. The van der Waals surface area contributed by atoms with E-state index in [1.165, 1.54) is 7.11 Å². The smallest absolute Gasteiger partial charge is 0.350 e. The van der Waals surface area contributed by atoms with Crippen LogP contribution in [0.2, 0.25) is 0 Å². The molecule has 3 N–H and O–H groups in total. The Balaban J connectivity index is 2.87. The number of carboxylic acid groups (broad SMARTS) is 2. The SMILES string of the molecule is COCCOCCOCCOc1cc([N+](=O)[O-])c([N+](=O)[O-])cc1OCC(=O)NC(CC(=O)O)C(=O)O. The van der Waals surface area contributed by atoms with Crippen LogP contribution in [0.4, 0.5) is 11.4 Å². The number of carbonyl (C=O) groups excluding carboxylic acids is 1. The van der Waals surface area contributed by atoms with E-state index in [9.17, 15) is 34.6 Å². The Kier molecular flexibility index (Phi) is 13.1. The first-order chi connectivity index (χ1) is 17.1. The van der Waals surface area contributed by atoms with Gasteiger partial charge in [0.1, 0.15) is 12.6 Å². The Hall–Kier alpha value is -4.09. The third-order valence-corrected chi connectivity index (χ3v) is 4.09. The first kappa shape index (κ1) is 29.9. The zero-order chi connectivity index (χ0) is 27.1. The predicted octanol–water partition coefficient (Wildman–Crippen LogP) is -0.0157. The molecule has 0 aliphatic rings. The van der Waals surface area contributed by atoms with E-state index in [-0.39, 0.29) is 32.2 Å². The van der Waals surface area contributed by atoms with Crippen molar-refractivity contribution in [2.45, 2.75) is 12.5 Å². The van der Waals surface area contributed by atoms with E-state index in [1.807, 2.05) is 5.32 Å². The van der Waals surface area contributed by atoms with Crippen LogP contribution in [0.5, 0.6) is 11.5 Å². The molecule has 0 radical (unpaired) electrons. The van der Waals surface area contributed by atoms with Gasteiger partial charge in [0.25, 0.3) is 5.91 Å². The Morgan fingerprint density at radius 2 is 1.39 bits per heavy atom. The molecule has 1 rings (SSSR count). The summed E-state index contributed by atoms with van der Waals surface area (Å²) >= 11 is 0. The zero-order valence-corrected chi connectivity index (χ0v) is 19.1. The normalized spacial score (nSPS) is 11.4. The fraction of sp³-hybridized carbons (Fsp3) is 0.526. The molecule has 1 aromatic carbocycles. The number of hydrogen-bond donors (Lipinski definition) is 3. The Labute approximate surface area is 203 Å². The molecule has 0 aliphatic carbocycles. The topological polar surface area (TPSA) is 236 Å². The number of carboxylic acids is 2. The summed E-state index contributed by atoms with van der Waals surface area (Å²) in [6, 6.07) is -0.336. The highest BCUT2D eigenvalue weighted by Crippen LogP contribution is 2.39. The fourth-order valence-corrected chi connectivity index (χ4v) is 2.49. The van der Waals surface area contributed by atoms with Crippen LogP contribution >= 0.6 is 0 Å². The number of amides is 1. The van der Waals surface area contributed by atoms with Gasteiger partial charge in [0.2, 0.25) is 0 Å². The molecule has 200 valence electrons. The van der Waals surface area contributed by atoms with Gasteiger partial charge in [-0.2, -0.15) is 0 Å². The number of aliphatic carboxylic acids is 2. The predicted molar refractivity (Wildman–Crippen MR) is 116 cm³/mol. The van der Waals surface area contributed by atoms with Gasteiger partial charge in [-0.25, -0.2) is 4.79 Å². The summed E-state index contributed by atoms with van der Waals surface area (Å²) in [7, 11) is 1.52. The minimum Gasteiger partial charge on any atom is -0.487 e. The fourth-order valence-electron chi connectivity index (χ4n) is 2.49. The number of benzene rings is 1. The molecule has 0 fully saturated rings. The second-order valence-electron chi connectivity index (χ2n) is 6.71. The van der Waals surface area contributed by atoms with Crippen molar-refractivity contribution >= 4 is 29.2 Å². The molecule has 1 aromatic rings. The van der Waals surface area contributed by atoms with E-state index < -0.39 is 63.9 Å². The molecule has 17 nitrogen and oxygen atoms in total. The summed E-state index contributed by atoms with van der Waals surface area (Å²) in [4.78, 5) is 54.3. The van der Waals surface area contributed by atoms with Crippen LogP contribution in [-0.2, 0) is 28.6 Å². The van der Waals surface area contributed by atoms with E-state index in [2.05, 4.69) is 0 Å². The lowest BCUT2D eigenvalue weighted by Gasteiger charge is -2.15. The summed E-state index contributed by atoms with van der Waals surface area (Å²) in [6.45, 7) is 0.223. The van der Waals surface area contributed by atoms with Crippen molar-refractivity contribution in [3.63, 3.8) is 0 Å². The van der Waals surface area contributed by atoms with Crippen LogP contribution in [0.15, 0.2) is 12.1 Å². The molecular weight excluding hydrogens is 494 g/mol. The van der Waals surface area contributed by atoms with Gasteiger partial charge in [-0.05, 0) is 0 Å². The molecule has 1 amide bonds. The van der Waals surface area contributed by atoms with E-state index in [0.717, 1.165) is 6.07 Å². The number of ether oxygens (including phenoxy) is 5. The maximum atomic E-state index is 12.0. The van der Waals surface area contributed by atoms with E-state index in [0.29, 0.717) is 19.3 Å². The van der Waals surface area contributed by atoms with Gasteiger partial charge < -0.3 is 39.2 Å². The summed E-state index contributed by atoms with van der Waals surface area (Å²) in [5.74, 6) is -4.89. The summed E-state index contributed by atoms with van der Waals surface area (Å²) in [5.41, 5.74) is -1.84. The number of nitrogens with one attached hydrogen (secondary N) is 1. The van der Waals surface area contributed by atoms with Crippen molar-refractivity contribution < 1.29 is 58.1 Å². The lowest BCUT2D eigenvalue weighted by Crippen LogP contribution is -2.44. The summed E-state index contributed by atoms with van der Waals surface area (Å²) < 4.78 is 25.8. The molecule has 0 saturated carbocycles. The molecule has 1 atom stereocenters.